The van der Waals surface area contributed by atoms with E-state index < -0.39 is 17.0 Å². The topological polar surface area (TPSA) is 92.6 Å². The Kier molecular flexibility index (Phi) is 4.25. The molecule has 0 radical (unpaired) electrons. The zero-order valence-corrected chi connectivity index (χ0v) is 10.8. The van der Waals surface area contributed by atoms with Gasteiger partial charge in [0, 0.05) is 5.56 Å². The van der Waals surface area contributed by atoms with Gasteiger partial charge in [-0.25, -0.2) is 14.9 Å². The van der Waals surface area contributed by atoms with Gasteiger partial charge in [-0.1, -0.05) is 36.4 Å². The van der Waals surface area contributed by atoms with E-state index >= 15 is 0 Å². The highest BCUT2D eigenvalue weighted by atomic mass is 16.7. The summed E-state index contributed by atoms with van der Waals surface area (Å²) >= 11 is 0. The third-order valence-corrected chi connectivity index (χ3v) is 2.61. The predicted octanol–water partition coefficient (Wildman–Crippen LogP) is 2.23. The van der Waals surface area contributed by atoms with Gasteiger partial charge in [0.25, 0.3) is 5.91 Å². The summed E-state index contributed by atoms with van der Waals surface area (Å²) in [6.45, 7) is 0. The molecule has 0 aromatic heterocycles. The molecule has 0 saturated heterocycles. The van der Waals surface area contributed by atoms with Gasteiger partial charge in [-0.3, -0.25) is 10.1 Å². The van der Waals surface area contributed by atoms with Gasteiger partial charge in [-0.15, -0.1) is 0 Å². The van der Waals surface area contributed by atoms with Crippen molar-refractivity contribution in [2.24, 2.45) is 0 Å². The molecule has 7 nitrogen and oxygen atoms in total. The summed E-state index contributed by atoms with van der Waals surface area (Å²) in [6.07, 6.45) is 0. The van der Waals surface area contributed by atoms with Crippen LogP contribution in [0.5, 0.6) is 0 Å². The molecule has 0 spiro atoms. The number of urea groups is 1. The van der Waals surface area contributed by atoms with E-state index in [0.29, 0.717) is 0 Å². The van der Waals surface area contributed by atoms with Crippen LogP contribution in [-0.4, -0.2) is 17.0 Å². The van der Waals surface area contributed by atoms with Crippen LogP contribution in [0.3, 0.4) is 0 Å². The number of anilines is 1. The highest BCUT2D eigenvalue weighted by molar-refractivity contribution is 6.07. The highest BCUT2D eigenvalue weighted by Crippen LogP contribution is 2.13. The number of carbonyl (C=O) groups is 2. The first-order valence-corrected chi connectivity index (χ1v) is 5.99. The van der Waals surface area contributed by atoms with Crippen LogP contribution >= 0.6 is 0 Å². The number of imide groups is 1. The lowest BCUT2D eigenvalue weighted by atomic mass is 10.2. The fraction of sp³-hybridized carbons (Fsp3) is 0. The van der Waals surface area contributed by atoms with Gasteiger partial charge in [0.2, 0.25) is 0 Å². The molecule has 21 heavy (non-hydrogen) atoms. The van der Waals surface area contributed by atoms with Crippen molar-refractivity contribution in [3.63, 3.8) is 0 Å². The van der Waals surface area contributed by atoms with Crippen molar-refractivity contribution in [3.8, 4) is 0 Å². The number of rotatable bonds is 3. The van der Waals surface area contributed by atoms with Gasteiger partial charge < -0.3 is 0 Å². The standard InChI is InChI=1S/C14H11N3O4/c18-13(11-7-3-1-4-8-11)15-14(19)16(17(20)21)12-9-5-2-6-10-12/h1-10H,(H,15,18,19). The van der Waals surface area contributed by atoms with E-state index in [1.54, 1.807) is 36.4 Å². The minimum atomic E-state index is -1.12. The molecule has 0 saturated carbocycles. The smallest absolute Gasteiger partial charge is 0.269 e. The van der Waals surface area contributed by atoms with Crippen molar-refractivity contribution in [1.29, 1.82) is 0 Å². The number of nitrogens with zero attached hydrogens (tertiary/aromatic N) is 2. The predicted molar refractivity (Wildman–Crippen MR) is 75.2 cm³/mol. The minimum Gasteiger partial charge on any atom is -0.269 e. The number of hydrazine groups is 1. The molecule has 106 valence electrons. The average Bonchev–Trinajstić information content (AvgIpc) is 2.49. The van der Waals surface area contributed by atoms with Crippen molar-refractivity contribution < 1.29 is 14.6 Å². The summed E-state index contributed by atoms with van der Waals surface area (Å²) in [6, 6.07) is 14.4. The van der Waals surface area contributed by atoms with Crippen LogP contribution in [0.4, 0.5) is 10.5 Å². The molecule has 7 heteroatoms. The van der Waals surface area contributed by atoms with Crippen LogP contribution in [0.15, 0.2) is 60.7 Å². The third kappa shape index (κ3) is 3.41. The molecule has 0 atom stereocenters. The molecule has 0 bridgehead atoms. The molecule has 0 aliphatic carbocycles. The van der Waals surface area contributed by atoms with E-state index in [9.17, 15) is 19.7 Å². The van der Waals surface area contributed by atoms with Gasteiger partial charge in [0.1, 0.15) is 5.69 Å². The van der Waals surface area contributed by atoms with Crippen LogP contribution in [0.25, 0.3) is 0 Å². The summed E-state index contributed by atoms with van der Waals surface area (Å²) in [4.78, 5) is 34.8. The maximum atomic E-state index is 11.9. The maximum absolute atomic E-state index is 11.9. The quantitative estimate of drug-likeness (QED) is 0.691. The van der Waals surface area contributed by atoms with Gasteiger partial charge >= 0.3 is 6.03 Å². The molecule has 2 aromatic carbocycles. The van der Waals surface area contributed by atoms with Crippen molar-refractivity contribution in [1.82, 2.24) is 5.32 Å². The molecular formula is C14H11N3O4. The molecule has 1 N–H and O–H groups in total. The molecule has 0 aliphatic heterocycles. The van der Waals surface area contributed by atoms with Crippen molar-refractivity contribution in [2.75, 3.05) is 5.01 Å². The number of benzene rings is 2. The van der Waals surface area contributed by atoms with E-state index in [1.807, 2.05) is 5.32 Å². The molecule has 0 unspecified atom stereocenters. The van der Waals surface area contributed by atoms with Crippen molar-refractivity contribution >= 4 is 17.6 Å². The van der Waals surface area contributed by atoms with Gasteiger partial charge in [0.15, 0.2) is 5.03 Å². The second-order valence-corrected chi connectivity index (χ2v) is 4.01. The Labute approximate surface area is 119 Å². The summed E-state index contributed by atoms with van der Waals surface area (Å²) in [7, 11) is 0. The Balaban J connectivity index is 2.17. The maximum Gasteiger partial charge on any atom is 0.388 e. The largest absolute Gasteiger partial charge is 0.388 e. The van der Waals surface area contributed by atoms with E-state index in [4.69, 9.17) is 0 Å². The molecule has 3 amide bonds. The van der Waals surface area contributed by atoms with Crippen LogP contribution < -0.4 is 10.3 Å². The Morgan fingerprint density at radius 3 is 2.00 bits per heavy atom. The Bertz CT molecular complexity index is 658. The lowest BCUT2D eigenvalue weighted by molar-refractivity contribution is -0.481. The van der Waals surface area contributed by atoms with E-state index in [0.717, 1.165) is 0 Å². The number of amides is 3. The first kappa shape index (κ1) is 14.2. The normalized spacial score (nSPS) is 9.71. The van der Waals surface area contributed by atoms with Gasteiger partial charge in [-0.2, -0.15) is 0 Å². The van der Waals surface area contributed by atoms with Crippen LogP contribution in [0.1, 0.15) is 10.4 Å². The van der Waals surface area contributed by atoms with Crippen LogP contribution in [0.2, 0.25) is 0 Å². The average molecular weight is 285 g/mol. The van der Waals surface area contributed by atoms with E-state index in [1.165, 1.54) is 24.3 Å². The number of hydrogen-bond acceptors (Lipinski definition) is 4. The molecule has 0 fully saturated rings. The summed E-state index contributed by atoms with van der Waals surface area (Å²) in [5.74, 6) is -0.705. The third-order valence-electron chi connectivity index (χ3n) is 2.61. The molecule has 2 rings (SSSR count). The fourth-order valence-electron chi connectivity index (χ4n) is 1.67. The van der Waals surface area contributed by atoms with Crippen molar-refractivity contribution in [3.05, 3.63) is 76.3 Å². The highest BCUT2D eigenvalue weighted by Gasteiger charge is 2.28. The van der Waals surface area contributed by atoms with Crippen LogP contribution in [-0.2, 0) is 0 Å². The SMILES string of the molecule is O=C(NC(=O)N(c1ccccc1)[N+](=O)[O-])c1ccccc1. The Morgan fingerprint density at radius 1 is 0.952 bits per heavy atom. The second-order valence-electron chi connectivity index (χ2n) is 4.01. The molecular weight excluding hydrogens is 274 g/mol. The summed E-state index contributed by atoms with van der Waals surface area (Å²) in [5.41, 5.74) is 0.295. The minimum absolute atomic E-state index is 0.0564. The number of nitro groups is 1. The number of para-hydroxylation sites is 1. The van der Waals surface area contributed by atoms with E-state index in [2.05, 4.69) is 0 Å². The lowest BCUT2D eigenvalue weighted by Crippen LogP contribution is -2.46. The fourth-order valence-corrected chi connectivity index (χ4v) is 1.67. The summed E-state index contributed by atoms with van der Waals surface area (Å²) in [5, 5.41) is 12.4. The molecule has 0 heterocycles. The zero-order chi connectivity index (χ0) is 15.2. The van der Waals surface area contributed by atoms with Crippen molar-refractivity contribution in [2.45, 2.75) is 0 Å². The van der Waals surface area contributed by atoms with Crippen LogP contribution in [0, 0.1) is 10.1 Å². The zero-order valence-electron chi connectivity index (χ0n) is 10.8. The van der Waals surface area contributed by atoms with E-state index in [-0.39, 0.29) is 16.3 Å². The first-order valence-electron chi connectivity index (χ1n) is 5.99. The Hall–Kier alpha value is -3.22. The second kappa shape index (κ2) is 6.29. The monoisotopic (exact) mass is 285 g/mol. The Morgan fingerprint density at radius 2 is 1.48 bits per heavy atom. The van der Waals surface area contributed by atoms with Gasteiger partial charge in [-0.05, 0) is 29.3 Å². The summed E-state index contributed by atoms with van der Waals surface area (Å²) < 4.78 is 0. The van der Waals surface area contributed by atoms with Gasteiger partial charge in [0.05, 0.1) is 0 Å². The molecule has 0 aliphatic rings. The first-order chi connectivity index (χ1) is 10.1. The number of carbonyl (C=O) groups excluding carboxylic acids is 2. The lowest BCUT2D eigenvalue weighted by Gasteiger charge is -2.12. The number of hydrogen-bond donors (Lipinski definition) is 1. The molecule has 2 aromatic rings. The number of nitrogens with one attached hydrogen (secondary N) is 1.